The van der Waals surface area contributed by atoms with E-state index in [2.05, 4.69) is 32.6 Å². The minimum atomic E-state index is 0.0616. The van der Waals surface area contributed by atoms with Crippen LogP contribution in [0.15, 0.2) is 0 Å². The van der Waals surface area contributed by atoms with Gasteiger partial charge in [-0.15, -0.1) is 0 Å². The zero-order valence-electron chi connectivity index (χ0n) is 39.7. The maximum atomic E-state index is 13.0. The highest BCUT2D eigenvalue weighted by molar-refractivity contribution is 5.72. The second-order valence-electron chi connectivity index (χ2n) is 17.5. The molecule has 0 bridgehead atoms. The first kappa shape index (κ1) is 56.8. The van der Waals surface area contributed by atoms with Crippen molar-refractivity contribution in [3.05, 3.63) is 0 Å². The van der Waals surface area contributed by atoms with Crippen molar-refractivity contribution in [1.29, 1.82) is 0 Å². The number of ether oxygens (including phenoxy) is 2. The molecular weight excluding hydrogens is 723 g/mol. The number of hydrogen-bond acceptors (Lipinski definition) is 7. The van der Waals surface area contributed by atoms with Gasteiger partial charge in [0.1, 0.15) is 0 Å². The SMILES string of the molecule is CCCCCCCCC(CCCCCC)C(=O)OCCCCCCN(CCCCCCOC(=O)C(CCCCCC)CCCCCCCC)CCCCCOOCC. The van der Waals surface area contributed by atoms with Crippen LogP contribution in [0.3, 0.4) is 0 Å². The molecule has 0 saturated carbocycles. The minimum absolute atomic E-state index is 0.0616. The number of unbranched alkanes of at least 4 members (excludes halogenated alkanes) is 24. The Kier molecular flexibility index (Phi) is 45.9. The van der Waals surface area contributed by atoms with Gasteiger partial charge in [0.05, 0.1) is 38.3 Å². The van der Waals surface area contributed by atoms with Crippen LogP contribution in [-0.4, -0.2) is 62.9 Å². The van der Waals surface area contributed by atoms with Crippen LogP contribution in [0.5, 0.6) is 0 Å². The lowest BCUT2D eigenvalue weighted by atomic mass is 9.94. The highest BCUT2D eigenvalue weighted by atomic mass is 17.2. The van der Waals surface area contributed by atoms with Crippen LogP contribution in [0.4, 0.5) is 0 Å². The molecule has 7 nitrogen and oxygen atoms in total. The smallest absolute Gasteiger partial charge is 0.308 e. The fourth-order valence-electron chi connectivity index (χ4n) is 8.05. The van der Waals surface area contributed by atoms with Crippen LogP contribution in [0.1, 0.15) is 259 Å². The zero-order chi connectivity index (χ0) is 42.4. The molecule has 0 N–H and O–H groups in total. The lowest BCUT2D eigenvalue weighted by Gasteiger charge is -2.22. The van der Waals surface area contributed by atoms with E-state index in [0.717, 1.165) is 110 Å². The molecular formula is C51H101NO6. The van der Waals surface area contributed by atoms with Crippen LogP contribution < -0.4 is 0 Å². The predicted molar refractivity (Wildman–Crippen MR) is 247 cm³/mol. The first-order valence-electron chi connectivity index (χ1n) is 25.8. The van der Waals surface area contributed by atoms with Gasteiger partial charge in [-0.25, -0.2) is 9.78 Å². The molecule has 0 aromatic rings. The zero-order valence-corrected chi connectivity index (χ0v) is 39.7. The predicted octanol–water partition coefficient (Wildman–Crippen LogP) is 15.3. The van der Waals surface area contributed by atoms with Crippen LogP contribution >= 0.6 is 0 Å². The summed E-state index contributed by atoms with van der Waals surface area (Å²) in [5.41, 5.74) is 0. The monoisotopic (exact) mass is 824 g/mol. The van der Waals surface area contributed by atoms with E-state index in [1.165, 1.54) is 135 Å². The topological polar surface area (TPSA) is 74.3 Å². The molecule has 0 amide bonds. The van der Waals surface area contributed by atoms with Crippen molar-refractivity contribution in [2.75, 3.05) is 46.1 Å². The summed E-state index contributed by atoms with van der Waals surface area (Å²) in [5, 5.41) is 0. The lowest BCUT2D eigenvalue weighted by Crippen LogP contribution is -2.27. The Hall–Kier alpha value is -1.18. The standard InChI is InChI=1S/C51H101NO6/c1-6-11-15-19-21-30-40-48(38-28-17-13-8-3)50(53)55-45-35-25-23-32-42-52(44-34-27-37-47-58-57-10-5)43-33-24-26-36-46-56-51(54)49(39-29-18-14-9-4)41-31-22-20-16-12-7-2/h48-49H,6-47H2,1-5H3. The van der Waals surface area contributed by atoms with E-state index in [1.807, 2.05) is 6.92 Å². The molecule has 0 aromatic carbocycles. The van der Waals surface area contributed by atoms with Crippen molar-refractivity contribution in [2.45, 2.75) is 259 Å². The molecule has 2 unspecified atom stereocenters. The van der Waals surface area contributed by atoms with Gasteiger partial charge in [0.2, 0.25) is 0 Å². The van der Waals surface area contributed by atoms with Gasteiger partial charge in [-0.1, -0.05) is 182 Å². The third-order valence-electron chi connectivity index (χ3n) is 11.9. The minimum Gasteiger partial charge on any atom is -0.465 e. The molecule has 0 aliphatic heterocycles. The van der Waals surface area contributed by atoms with Gasteiger partial charge in [0, 0.05) is 0 Å². The maximum Gasteiger partial charge on any atom is 0.308 e. The molecule has 0 aromatic heterocycles. The highest BCUT2D eigenvalue weighted by Crippen LogP contribution is 2.22. The Balaban J connectivity index is 4.57. The Morgan fingerprint density at radius 3 is 1.02 bits per heavy atom. The summed E-state index contributed by atoms with van der Waals surface area (Å²) < 4.78 is 11.7. The summed E-state index contributed by atoms with van der Waals surface area (Å²) >= 11 is 0. The Labute approximate surface area is 361 Å². The number of rotatable bonds is 48. The van der Waals surface area contributed by atoms with Gasteiger partial charge in [0.25, 0.3) is 0 Å². The van der Waals surface area contributed by atoms with Gasteiger partial charge < -0.3 is 14.4 Å². The van der Waals surface area contributed by atoms with Crippen molar-refractivity contribution in [3.8, 4) is 0 Å². The first-order chi connectivity index (χ1) is 28.5. The Morgan fingerprint density at radius 1 is 0.345 bits per heavy atom. The van der Waals surface area contributed by atoms with Crippen LogP contribution in [-0.2, 0) is 28.8 Å². The van der Waals surface area contributed by atoms with E-state index >= 15 is 0 Å². The highest BCUT2D eigenvalue weighted by Gasteiger charge is 2.20. The van der Waals surface area contributed by atoms with E-state index in [0.29, 0.717) is 26.4 Å². The Bertz CT molecular complexity index is 782. The fraction of sp³-hybridized carbons (Fsp3) is 0.961. The summed E-state index contributed by atoms with van der Waals surface area (Å²) in [6.07, 6.45) is 41.2. The second kappa shape index (κ2) is 46.9. The number of nitrogens with zero attached hydrogens (tertiary/aromatic N) is 1. The van der Waals surface area contributed by atoms with Crippen molar-refractivity contribution in [3.63, 3.8) is 0 Å². The molecule has 346 valence electrons. The van der Waals surface area contributed by atoms with Gasteiger partial charge in [0.15, 0.2) is 0 Å². The van der Waals surface area contributed by atoms with Crippen molar-refractivity contribution in [2.24, 2.45) is 11.8 Å². The van der Waals surface area contributed by atoms with Crippen molar-refractivity contribution < 1.29 is 28.8 Å². The molecule has 7 heteroatoms. The van der Waals surface area contributed by atoms with Gasteiger partial charge in [-0.05, 0) is 97.2 Å². The molecule has 2 atom stereocenters. The third-order valence-corrected chi connectivity index (χ3v) is 11.9. The van der Waals surface area contributed by atoms with Gasteiger partial charge in [-0.2, -0.15) is 0 Å². The molecule has 0 fully saturated rings. The van der Waals surface area contributed by atoms with E-state index < -0.39 is 0 Å². The van der Waals surface area contributed by atoms with E-state index in [4.69, 9.17) is 19.2 Å². The largest absolute Gasteiger partial charge is 0.465 e. The van der Waals surface area contributed by atoms with Gasteiger partial charge in [-0.3, -0.25) is 9.59 Å². The average molecular weight is 824 g/mol. The molecule has 0 aliphatic carbocycles. The van der Waals surface area contributed by atoms with E-state index in [1.54, 1.807) is 0 Å². The summed E-state index contributed by atoms with van der Waals surface area (Å²) in [5.74, 6) is 0.308. The number of carbonyl (C=O) groups is 2. The molecule has 0 heterocycles. The number of esters is 2. The number of hydrogen-bond donors (Lipinski definition) is 0. The molecule has 0 saturated heterocycles. The first-order valence-corrected chi connectivity index (χ1v) is 25.8. The summed E-state index contributed by atoms with van der Waals surface area (Å²) in [6, 6.07) is 0. The molecule has 0 radical (unpaired) electrons. The normalized spacial score (nSPS) is 12.7. The molecule has 0 rings (SSSR count). The van der Waals surface area contributed by atoms with Crippen molar-refractivity contribution in [1.82, 2.24) is 4.90 Å². The van der Waals surface area contributed by atoms with E-state index in [9.17, 15) is 9.59 Å². The second-order valence-corrected chi connectivity index (χ2v) is 17.5. The average Bonchev–Trinajstić information content (AvgIpc) is 3.23. The summed E-state index contributed by atoms with van der Waals surface area (Å²) in [7, 11) is 0. The quantitative estimate of drug-likeness (QED) is 0.0262. The molecule has 58 heavy (non-hydrogen) atoms. The van der Waals surface area contributed by atoms with Crippen LogP contribution in [0.2, 0.25) is 0 Å². The molecule has 0 aliphatic rings. The maximum absolute atomic E-state index is 13.0. The summed E-state index contributed by atoms with van der Waals surface area (Å²) in [6.45, 7) is 16.7. The van der Waals surface area contributed by atoms with Crippen LogP contribution in [0.25, 0.3) is 0 Å². The summed E-state index contributed by atoms with van der Waals surface area (Å²) in [4.78, 5) is 39.0. The Morgan fingerprint density at radius 2 is 0.638 bits per heavy atom. The fourth-order valence-corrected chi connectivity index (χ4v) is 8.05. The lowest BCUT2D eigenvalue weighted by molar-refractivity contribution is -0.291. The van der Waals surface area contributed by atoms with Crippen LogP contribution in [0, 0.1) is 11.8 Å². The van der Waals surface area contributed by atoms with E-state index in [-0.39, 0.29) is 23.8 Å². The number of carbonyl (C=O) groups excluding carboxylic acids is 2. The van der Waals surface area contributed by atoms with Gasteiger partial charge >= 0.3 is 11.9 Å². The van der Waals surface area contributed by atoms with Crippen molar-refractivity contribution >= 4 is 11.9 Å². The third kappa shape index (κ3) is 39.0. The molecule has 0 spiro atoms.